The number of nitrogens with zero attached hydrogens (tertiary/aromatic N) is 3. The molecule has 0 aliphatic rings. The molecule has 0 saturated carbocycles. The second kappa shape index (κ2) is 6.02. The summed E-state index contributed by atoms with van der Waals surface area (Å²) >= 11 is 0. The molecule has 2 aromatic carbocycles. The molecule has 128 valence electrons. The molecular formula is C16H13N3O5S. The summed E-state index contributed by atoms with van der Waals surface area (Å²) in [5.41, 5.74) is 0.442. The highest BCUT2D eigenvalue weighted by atomic mass is 32.2. The monoisotopic (exact) mass is 359 g/mol. The van der Waals surface area contributed by atoms with Crippen molar-refractivity contribution in [1.29, 1.82) is 0 Å². The van der Waals surface area contributed by atoms with E-state index in [-0.39, 0.29) is 5.69 Å². The molecule has 0 fully saturated rings. The fourth-order valence-electron chi connectivity index (χ4n) is 2.45. The predicted molar refractivity (Wildman–Crippen MR) is 92.4 cm³/mol. The van der Waals surface area contributed by atoms with Crippen molar-refractivity contribution in [3.8, 4) is 16.9 Å². The molecule has 0 N–H and O–H groups in total. The average Bonchev–Trinajstić information content (AvgIpc) is 2.93. The zero-order chi connectivity index (χ0) is 18.2. The molecule has 0 atom stereocenters. The Bertz CT molecular complexity index is 1100. The first-order chi connectivity index (χ1) is 11.8. The van der Waals surface area contributed by atoms with E-state index in [0.717, 1.165) is 6.26 Å². The Balaban J connectivity index is 2.29. The molecule has 0 unspecified atom stereocenters. The van der Waals surface area contributed by atoms with Gasteiger partial charge in [0.25, 0.3) is 5.69 Å². The third-order valence-corrected chi connectivity index (χ3v) is 4.58. The third-order valence-electron chi connectivity index (χ3n) is 3.61. The lowest BCUT2D eigenvalue weighted by Crippen LogP contribution is -2.27. The first-order valence-corrected chi connectivity index (χ1v) is 8.99. The summed E-state index contributed by atoms with van der Waals surface area (Å²) in [6, 6.07) is 14.1. The molecule has 3 rings (SSSR count). The Morgan fingerprint density at radius 1 is 1.00 bits per heavy atom. The van der Waals surface area contributed by atoms with Gasteiger partial charge in [-0.2, -0.15) is 3.97 Å². The highest BCUT2D eigenvalue weighted by molar-refractivity contribution is 7.89. The van der Waals surface area contributed by atoms with Crippen LogP contribution in [0.3, 0.4) is 0 Å². The van der Waals surface area contributed by atoms with Gasteiger partial charge >= 0.3 is 5.69 Å². The number of aromatic nitrogens is 2. The first kappa shape index (κ1) is 16.7. The molecule has 0 spiro atoms. The largest absolute Gasteiger partial charge is 0.347 e. The van der Waals surface area contributed by atoms with Crippen LogP contribution in [0.4, 0.5) is 5.69 Å². The Morgan fingerprint density at radius 3 is 2.12 bits per heavy atom. The maximum absolute atomic E-state index is 12.6. The fraction of sp³-hybridized carbons (Fsp3) is 0.0625. The lowest BCUT2D eigenvalue weighted by molar-refractivity contribution is -0.384. The van der Waals surface area contributed by atoms with Gasteiger partial charge in [-0.25, -0.2) is 13.2 Å². The van der Waals surface area contributed by atoms with E-state index in [1.165, 1.54) is 35.0 Å². The van der Waals surface area contributed by atoms with E-state index in [1.807, 2.05) is 0 Å². The summed E-state index contributed by atoms with van der Waals surface area (Å²) in [6.07, 6.45) is 2.18. The number of nitro groups is 1. The zero-order valence-electron chi connectivity index (χ0n) is 13.1. The Morgan fingerprint density at radius 2 is 1.60 bits per heavy atom. The maximum atomic E-state index is 12.6. The molecule has 9 heteroatoms. The van der Waals surface area contributed by atoms with Gasteiger partial charge in [-0.05, 0) is 12.1 Å². The molecule has 1 aromatic heterocycles. The average molecular weight is 359 g/mol. The summed E-state index contributed by atoms with van der Waals surface area (Å²) in [6.45, 7) is 0. The zero-order valence-corrected chi connectivity index (χ0v) is 13.9. The Hall–Kier alpha value is -3.20. The molecule has 0 saturated heterocycles. The lowest BCUT2D eigenvalue weighted by atomic mass is 10.1. The van der Waals surface area contributed by atoms with Crippen molar-refractivity contribution in [3.63, 3.8) is 0 Å². The van der Waals surface area contributed by atoms with E-state index in [9.17, 15) is 23.3 Å². The van der Waals surface area contributed by atoms with Crippen LogP contribution in [0.25, 0.3) is 16.9 Å². The van der Waals surface area contributed by atoms with Crippen LogP contribution >= 0.6 is 0 Å². The molecule has 0 aliphatic carbocycles. The van der Waals surface area contributed by atoms with E-state index in [1.54, 1.807) is 30.3 Å². The quantitative estimate of drug-likeness (QED) is 0.523. The minimum Gasteiger partial charge on any atom is -0.260 e. The molecule has 1 heterocycles. The van der Waals surface area contributed by atoms with Crippen LogP contribution in [0, 0.1) is 10.1 Å². The van der Waals surface area contributed by atoms with Crippen molar-refractivity contribution >= 4 is 15.7 Å². The van der Waals surface area contributed by atoms with Gasteiger partial charge in [-0.15, -0.1) is 0 Å². The fourth-order valence-corrected chi connectivity index (χ4v) is 3.11. The summed E-state index contributed by atoms with van der Waals surface area (Å²) < 4.78 is 25.6. The smallest absolute Gasteiger partial charge is 0.260 e. The number of nitro benzene ring substituents is 1. The van der Waals surface area contributed by atoms with Gasteiger partial charge in [0.05, 0.1) is 28.8 Å². The van der Waals surface area contributed by atoms with Crippen LogP contribution in [-0.4, -0.2) is 28.1 Å². The topological polar surface area (TPSA) is 104 Å². The van der Waals surface area contributed by atoms with E-state index in [4.69, 9.17) is 0 Å². The summed E-state index contributed by atoms with van der Waals surface area (Å²) in [5, 5.41) is 10.8. The minimum atomic E-state index is -3.80. The van der Waals surface area contributed by atoms with Crippen molar-refractivity contribution in [2.45, 2.75) is 0 Å². The molecular weight excluding hydrogens is 346 g/mol. The van der Waals surface area contributed by atoms with Gasteiger partial charge < -0.3 is 0 Å². The van der Waals surface area contributed by atoms with Crippen LogP contribution in [-0.2, 0) is 10.0 Å². The van der Waals surface area contributed by atoms with Crippen molar-refractivity contribution in [2.75, 3.05) is 6.26 Å². The molecule has 0 bridgehead atoms. The normalized spacial score (nSPS) is 11.4. The van der Waals surface area contributed by atoms with Gasteiger partial charge in [-0.1, -0.05) is 30.3 Å². The second-order valence-corrected chi connectivity index (χ2v) is 7.19. The number of non-ortho nitro benzene ring substituents is 1. The molecule has 0 amide bonds. The van der Waals surface area contributed by atoms with Crippen LogP contribution < -0.4 is 5.69 Å². The number of rotatable bonds is 4. The number of hydrogen-bond donors (Lipinski definition) is 0. The van der Waals surface area contributed by atoms with Crippen molar-refractivity contribution in [2.24, 2.45) is 0 Å². The van der Waals surface area contributed by atoms with Gasteiger partial charge in [-0.3, -0.25) is 14.7 Å². The molecule has 25 heavy (non-hydrogen) atoms. The van der Waals surface area contributed by atoms with Crippen molar-refractivity contribution in [1.82, 2.24) is 8.54 Å². The number of hydrogen-bond acceptors (Lipinski definition) is 5. The van der Waals surface area contributed by atoms with Crippen molar-refractivity contribution in [3.05, 3.63) is 81.4 Å². The van der Waals surface area contributed by atoms with Crippen LogP contribution in [0.1, 0.15) is 0 Å². The minimum absolute atomic E-state index is 0.124. The van der Waals surface area contributed by atoms with E-state index >= 15 is 0 Å². The van der Waals surface area contributed by atoms with E-state index in [2.05, 4.69) is 0 Å². The first-order valence-electron chi connectivity index (χ1n) is 7.14. The summed E-state index contributed by atoms with van der Waals surface area (Å²) in [5.74, 6) is 0. The van der Waals surface area contributed by atoms with E-state index < -0.39 is 20.6 Å². The Labute approximate surface area is 142 Å². The summed E-state index contributed by atoms with van der Waals surface area (Å²) in [7, 11) is -3.80. The predicted octanol–water partition coefficient (Wildman–Crippen LogP) is 2.02. The number of imidazole rings is 1. The lowest BCUT2D eigenvalue weighted by Gasteiger charge is -2.07. The van der Waals surface area contributed by atoms with Crippen LogP contribution in [0.2, 0.25) is 0 Å². The molecule has 8 nitrogen and oxygen atoms in total. The van der Waals surface area contributed by atoms with E-state index in [0.29, 0.717) is 20.9 Å². The van der Waals surface area contributed by atoms with Gasteiger partial charge in [0.15, 0.2) is 0 Å². The second-order valence-electron chi connectivity index (χ2n) is 5.33. The van der Waals surface area contributed by atoms with Crippen molar-refractivity contribution < 1.29 is 13.3 Å². The SMILES string of the molecule is CS(=O)(=O)n1cc(-c2ccccc2)n(-c2ccc([N+](=O)[O-])cc2)c1=O. The number of benzene rings is 2. The van der Waals surface area contributed by atoms with Gasteiger partial charge in [0.2, 0.25) is 10.0 Å². The van der Waals surface area contributed by atoms with Gasteiger partial charge in [0, 0.05) is 17.7 Å². The summed E-state index contributed by atoms with van der Waals surface area (Å²) in [4.78, 5) is 22.9. The third kappa shape index (κ3) is 3.09. The van der Waals surface area contributed by atoms with Crippen LogP contribution in [0.15, 0.2) is 65.6 Å². The maximum Gasteiger partial charge on any atom is 0.347 e. The highest BCUT2D eigenvalue weighted by Gasteiger charge is 2.20. The molecule has 0 aliphatic heterocycles. The van der Waals surface area contributed by atoms with Gasteiger partial charge in [0.1, 0.15) is 0 Å². The Kier molecular flexibility index (Phi) is 4.01. The molecule has 3 aromatic rings. The standard InChI is InChI=1S/C16H13N3O5S/c1-25(23,24)17-11-15(12-5-3-2-4-6-12)18(16(17)20)13-7-9-14(10-8-13)19(21)22/h2-11H,1H3. The van der Waals surface area contributed by atoms with Crippen LogP contribution in [0.5, 0.6) is 0 Å². The molecule has 0 radical (unpaired) electrons. The highest BCUT2D eigenvalue weighted by Crippen LogP contribution is 2.23.